The highest BCUT2D eigenvalue weighted by Crippen LogP contribution is 2.02. The van der Waals surface area contributed by atoms with Crippen LogP contribution in [0.2, 0.25) is 0 Å². The number of hydrogen-bond acceptors (Lipinski definition) is 1. The van der Waals surface area contributed by atoms with Crippen LogP contribution >= 0.6 is 0 Å². The Morgan fingerprint density at radius 2 is 1.91 bits per heavy atom. The summed E-state index contributed by atoms with van der Waals surface area (Å²) in [6, 6.07) is 10.4. The summed E-state index contributed by atoms with van der Waals surface area (Å²) in [4.78, 5) is 0. The SMILES string of the molecule is [CH2]C(N)CCc1ccccc1. The molecule has 0 aliphatic carbocycles. The van der Waals surface area contributed by atoms with Gasteiger partial charge in [0, 0.05) is 6.04 Å². The zero-order chi connectivity index (χ0) is 8.10. The average molecular weight is 148 g/mol. The van der Waals surface area contributed by atoms with Crippen LogP contribution in [-0.4, -0.2) is 6.04 Å². The summed E-state index contributed by atoms with van der Waals surface area (Å²) in [7, 11) is 0. The van der Waals surface area contributed by atoms with Gasteiger partial charge in [-0.05, 0) is 25.3 Å². The number of aryl methyl sites for hydroxylation is 1. The van der Waals surface area contributed by atoms with E-state index in [-0.39, 0.29) is 6.04 Å². The third-order valence-corrected chi connectivity index (χ3v) is 1.65. The predicted molar refractivity (Wildman–Crippen MR) is 48.1 cm³/mol. The fraction of sp³-hybridized carbons (Fsp3) is 0.300. The Balaban J connectivity index is 2.39. The zero-order valence-electron chi connectivity index (χ0n) is 6.66. The Bertz CT molecular complexity index is 191. The van der Waals surface area contributed by atoms with Crippen LogP contribution in [0.3, 0.4) is 0 Å². The molecule has 0 amide bonds. The Hall–Kier alpha value is -0.820. The molecule has 1 aromatic carbocycles. The Morgan fingerprint density at radius 1 is 1.27 bits per heavy atom. The lowest BCUT2D eigenvalue weighted by atomic mass is 10.1. The van der Waals surface area contributed by atoms with Gasteiger partial charge in [-0.1, -0.05) is 30.3 Å². The van der Waals surface area contributed by atoms with E-state index in [0.29, 0.717) is 0 Å². The predicted octanol–water partition coefficient (Wildman–Crippen LogP) is 1.78. The number of benzene rings is 1. The van der Waals surface area contributed by atoms with Crippen molar-refractivity contribution >= 4 is 0 Å². The van der Waals surface area contributed by atoms with E-state index in [0.717, 1.165) is 12.8 Å². The van der Waals surface area contributed by atoms with Gasteiger partial charge in [0.15, 0.2) is 0 Å². The molecule has 0 spiro atoms. The molecule has 0 aliphatic heterocycles. The van der Waals surface area contributed by atoms with Crippen LogP contribution in [0.25, 0.3) is 0 Å². The fourth-order valence-corrected chi connectivity index (χ4v) is 0.997. The molecule has 0 heterocycles. The maximum absolute atomic E-state index is 5.53. The third-order valence-electron chi connectivity index (χ3n) is 1.65. The summed E-state index contributed by atoms with van der Waals surface area (Å²) in [5.41, 5.74) is 6.87. The van der Waals surface area contributed by atoms with Crippen LogP contribution in [0, 0.1) is 6.92 Å². The van der Waals surface area contributed by atoms with Gasteiger partial charge >= 0.3 is 0 Å². The highest BCUT2D eigenvalue weighted by atomic mass is 14.6. The van der Waals surface area contributed by atoms with Gasteiger partial charge < -0.3 is 5.73 Å². The maximum atomic E-state index is 5.53. The highest BCUT2D eigenvalue weighted by molar-refractivity contribution is 5.14. The minimum Gasteiger partial charge on any atom is -0.328 e. The Morgan fingerprint density at radius 3 is 2.45 bits per heavy atom. The van der Waals surface area contributed by atoms with Gasteiger partial charge in [0.2, 0.25) is 0 Å². The minimum absolute atomic E-state index is 0.0650. The molecule has 11 heavy (non-hydrogen) atoms. The lowest BCUT2D eigenvalue weighted by Gasteiger charge is -2.03. The van der Waals surface area contributed by atoms with Gasteiger partial charge in [-0.15, -0.1) is 0 Å². The second-order valence-electron chi connectivity index (χ2n) is 2.78. The van der Waals surface area contributed by atoms with Crippen LogP contribution in [-0.2, 0) is 6.42 Å². The molecule has 1 rings (SSSR count). The van der Waals surface area contributed by atoms with Crippen LogP contribution in [0.1, 0.15) is 12.0 Å². The fourth-order valence-electron chi connectivity index (χ4n) is 0.997. The maximum Gasteiger partial charge on any atom is 0.00425 e. The molecule has 0 bridgehead atoms. The molecule has 2 N–H and O–H groups in total. The molecular weight excluding hydrogens is 134 g/mol. The third kappa shape index (κ3) is 3.19. The van der Waals surface area contributed by atoms with Gasteiger partial charge in [-0.2, -0.15) is 0 Å². The van der Waals surface area contributed by atoms with Crippen LogP contribution < -0.4 is 5.73 Å². The second kappa shape index (κ2) is 4.14. The lowest BCUT2D eigenvalue weighted by molar-refractivity contribution is 0.718. The smallest absolute Gasteiger partial charge is 0.00425 e. The summed E-state index contributed by atoms with van der Waals surface area (Å²) < 4.78 is 0. The summed E-state index contributed by atoms with van der Waals surface area (Å²) in [6.45, 7) is 3.73. The summed E-state index contributed by atoms with van der Waals surface area (Å²) in [6.07, 6.45) is 2.00. The van der Waals surface area contributed by atoms with E-state index in [1.165, 1.54) is 5.56 Å². The molecule has 0 fully saturated rings. The van der Waals surface area contributed by atoms with Crippen molar-refractivity contribution in [2.75, 3.05) is 0 Å². The van der Waals surface area contributed by atoms with Crippen molar-refractivity contribution in [3.8, 4) is 0 Å². The van der Waals surface area contributed by atoms with E-state index in [1.807, 2.05) is 18.2 Å². The van der Waals surface area contributed by atoms with Crippen molar-refractivity contribution in [3.05, 3.63) is 42.8 Å². The van der Waals surface area contributed by atoms with Gasteiger partial charge in [0.1, 0.15) is 0 Å². The van der Waals surface area contributed by atoms with Gasteiger partial charge in [-0.25, -0.2) is 0 Å². The lowest BCUT2D eigenvalue weighted by Crippen LogP contribution is -2.15. The first-order valence-electron chi connectivity index (χ1n) is 3.91. The topological polar surface area (TPSA) is 26.0 Å². The van der Waals surface area contributed by atoms with Gasteiger partial charge in [0.05, 0.1) is 0 Å². The summed E-state index contributed by atoms with van der Waals surface area (Å²) in [5.74, 6) is 0. The van der Waals surface area contributed by atoms with E-state index in [9.17, 15) is 0 Å². The Kier molecular flexibility index (Phi) is 3.12. The van der Waals surface area contributed by atoms with Crippen molar-refractivity contribution in [1.29, 1.82) is 0 Å². The molecule has 1 aromatic rings. The van der Waals surface area contributed by atoms with Crippen molar-refractivity contribution in [2.45, 2.75) is 18.9 Å². The molecule has 1 unspecified atom stereocenters. The Labute approximate surface area is 68.2 Å². The molecule has 0 saturated heterocycles. The first-order valence-corrected chi connectivity index (χ1v) is 3.91. The van der Waals surface area contributed by atoms with Crippen LogP contribution in [0.15, 0.2) is 30.3 Å². The average Bonchev–Trinajstić information content (AvgIpc) is 2.03. The molecule has 1 atom stereocenters. The van der Waals surface area contributed by atoms with E-state index in [4.69, 9.17) is 5.73 Å². The number of hydrogen-bond donors (Lipinski definition) is 1. The monoisotopic (exact) mass is 148 g/mol. The van der Waals surface area contributed by atoms with Crippen molar-refractivity contribution in [2.24, 2.45) is 5.73 Å². The molecule has 1 radical (unpaired) electrons. The molecule has 1 nitrogen and oxygen atoms in total. The zero-order valence-corrected chi connectivity index (χ0v) is 6.66. The minimum atomic E-state index is 0.0650. The standard InChI is InChI=1S/C10H14N/c1-9(11)7-8-10-5-3-2-4-6-10/h2-6,9H,1,7-8,11H2. The van der Waals surface area contributed by atoms with E-state index < -0.39 is 0 Å². The van der Waals surface area contributed by atoms with Crippen molar-refractivity contribution < 1.29 is 0 Å². The summed E-state index contributed by atoms with van der Waals surface area (Å²) in [5, 5.41) is 0. The molecular formula is C10H14N. The molecule has 59 valence electrons. The number of nitrogens with two attached hydrogens (primary N) is 1. The largest absolute Gasteiger partial charge is 0.328 e. The van der Waals surface area contributed by atoms with Crippen molar-refractivity contribution in [1.82, 2.24) is 0 Å². The molecule has 0 aromatic heterocycles. The molecule has 0 saturated carbocycles. The highest BCUT2D eigenvalue weighted by Gasteiger charge is 1.94. The molecule has 1 heteroatoms. The molecule has 0 aliphatic rings. The van der Waals surface area contributed by atoms with Crippen molar-refractivity contribution in [3.63, 3.8) is 0 Å². The van der Waals surface area contributed by atoms with Crippen LogP contribution in [0.4, 0.5) is 0 Å². The van der Waals surface area contributed by atoms with Gasteiger partial charge in [-0.3, -0.25) is 0 Å². The quantitative estimate of drug-likeness (QED) is 0.694. The van der Waals surface area contributed by atoms with E-state index >= 15 is 0 Å². The van der Waals surface area contributed by atoms with Crippen LogP contribution in [0.5, 0.6) is 0 Å². The number of rotatable bonds is 3. The van der Waals surface area contributed by atoms with E-state index in [1.54, 1.807) is 0 Å². The first kappa shape index (κ1) is 8.28. The second-order valence-corrected chi connectivity index (χ2v) is 2.78. The normalized spacial score (nSPS) is 12.9. The summed E-state index contributed by atoms with van der Waals surface area (Å²) >= 11 is 0. The van der Waals surface area contributed by atoms with Gasteiger partial charge in [0.25, 0.3) is 0 Å². The first-order chi connectivity index (χ1) is 5.29. The van der Waals surface area contributed by atoms with E-state index in [2.05, 4.69) is 19.1 Å².